The van der Waals surface area contributed by atoms with Gasteiger partial charge in [-0.3, -0.25) is 4.90 Å². The van der Waals surface area contributed by atoms with Gasteiger partial charge in [-0.25, -0.2) is 9.18 Å². The summed E-state index contributed by atoms with van der Waals surface area (Å²) in [5.74, 6) is -0.998. The molecule has 1 saturated heterocycles. The Hall–Kier alpha value is -2.38. The first-order valence-electron chi connectivity index (χ1n) is 9.63. The molecule has 1 aromatic rings. The Bertz CT molecular complexity index is 771. The van der Waals surface area contributed by atoms with Gasteiger partial charge in [0.2, 0.25) is 5.88 Å². The summed E-state index contributed by atoms with van der Waals surface area (Å²) in [5, 5.41) is 9.80. The monoisotopic (exact) mass is 390 g/mol. The van der Waals surface area contributed by atoms with Crippen LogP contribution in [0.1, 0.15) is 25.8 Å². The van der Waals surface area contributed by atoms with Gasteiger partial charge in [0.05, 0.1) is 19.8 Å². The highest BCUT2D eigenvalue weighted by atomic mass is 19.1. The Morgan fingerprint density at radius 2 is 2.11 bits per heavy atom. The van der Waals surface area contributed by atoms with E-state index in [1.807, 2.05) is 24.0 Å². The molecule has 6 nitrogen and oxygen atoms in total. The second-order valence-corrected chi connectivity index (χ2v) is 7.00. The second-order valence-electron chi connectivity index (χ2n) is 7.00. The standard InChI is InChI=1S/C21H27FN2O4/c1-3-9-28-20-19(21(25)26)15(2)12-18(23-7-10-27-11-8-23)24(20)14-16-5-4-6-17(22)13-16/h4-6,12-13,18H,3,7-11,14H2,1-2H3,(H,25,26). The van der Waals surface area contributed by atoms with Gasteiger partial charge >= 0.3 is 5.97 Å². The molecule has 1 aromatic carbocycles. The van der Waals surface area contributed by atoms with Gasteiger partial charge in [0, 0.05) is 19.6 Å². The van der Waals surface area contributed by atoms with Crippen LogP contribution in [0.25, 0.3) is 0 Å². The molecule has 2 aliphatic rings. The summed E-state index contributed by atoms with van der Waals surface area (Å²) in [6, 6.07) is 6.37. The number of carboxylic acids is 1. The fourth-order valence-corrected chi connectivity index (χ4v) is 3.59. The Morgan fingerprint density at radius 1 is 1.36 bits per heavy atom. The largest absolute Gasteiger partial charge is 0.478 e. The highest BCUT2D eigenvalue weighted by Crippen LogP contribution is 2.32. The minimum atomic E-state index is -1.02. The molecular formula is C21H27FN2O4. The Morgan fingerprint density at radius 3 is 2.75 bits per heavy atom. The van der Waals surface area contributed by atoms with Crippen molar-refractivity contribution in [2.75, 3.05) is 32.9 Å². The molecule has 0 radical (unpaired) electrons. The molecule has 152 valence electrons. The normalized spacial score (nSPS) is 20.9. The van der Waals surface area contributed by atoms with Crippen molar-refractivity contribution in [2.45, 2.75) is 33.0 Å². The number of rotatable bonds is 7. The van der Waals surface area contributed by atoms with Crippen LogP contribution in [-0.2, 0) is 20.8 Å². The van der Waals surface area contributed by atoms with Crippen LogP contribution in [0, 0.1) is 5.82 Å². The molecule has 7 heteroatoms. The van der Waals surface area contributed by atoms with Crippen molar-refractivity contribution >= 4 is 5.97 Å². The zero-order valence-corrected chi connectivity index (χ0v) is 16.4. The summed E-state index contributed by atoms with van der Waals surface area (Å²) in [4.78, 5) is 16.1. The molecule has 0 amide bonds. The molecule has 0 aromatic heterocycles. The highest BCUT2D eigenvalue weighted by molar-refractivity contribution is 5.92. The van der Waals surface area contributed by atoms with Gasteiger partial charge in [-0.05, 0) is 42.7 Å². The number of aliphatic carboxylic acids is 1. The van der Waals surface area contributed by atoms with E-state index in [0.717, 1.165) is 25.1 Å². The maximum absolute atomic E-state index is 13.7. The average Bonchev–Trinajstić information content (AvgIpc) is 2.68. The van der Waals surface area contributed by atoms with E-state index in [0.29, 0.717) is 37.8 Å². The first kappa shape index (κ1) is 20.4. The predicted molar refractivity (Wildman–Crippen MR) is 103 cm³/mol. The molecule has 1 unspecified atom stereocenters. The van der Waals surface area contributed by atoms with Crippen molar-refractivity contribution in [3.05, 3.63) is 58.8 Å². The number of benzene rings is 1. The van der Waals surface area contributed by atoms with Crippen molar-refractivity contribution in [1.29, 1.82) is 0 Å². The minimum absolute atomic E-state index is 0.161. The number of hydrogen-bond acceptors (Lipinski definition) is 5. The van der Waals surface area contributed by atoms with Crippen molar-refractivity contribution in [3.63, 3.8) is 0 Å². The summed E-state index contributed by atoms with van der Waals surface area (Å²) < 4.78 is 25.2. The third kappa shape index (κ3) is 4.54. The van der Waals surface area contributed by atoms with Gasteiger partial charge < -0.3 is 19.5 Å². The maximum atomic E-state index is 13.7. The van der Waals surface area contributed by atoms with E-state index in [9.17, 15) is 14.3 Å². The Kier molecular flexibility index (Phi) is 6.70. The lowest BCUT2D eigenvalue weighted by molar-refractivity contribution is -0.133. The highest BCUT2D eigenvalue weighted by Gasteiger charge is 2.35. The van der Waals surface area contributed by atoms with Gasteiger partial charge in [0.1, 0.15) is 17.6 Å². The van der Waals surface area contributed by atoms with Crippen LogP contribution in [0.15, 0.2) is 47.4 Å². The molecular weight excluding hydrogens is 363 g/mol. The zero-order valence-electron chi connectivity index (χ0n) is 16.4. The lowest BCUT2D eigenvalue weighted by Crippen LogP contribution is -2.53. The third-order valence-electron chi connectivity index (χ3n) is 4.91. The molecule has 0 saturated carbocycles. The van der Waals surface area contributed by atoms with Crippen LogP contribution in [-0.4, -0.2) is 60.0 Å². The molecule has 0 spiro atoms. The summed E-state index contributed by atoms with van der Waals surface area (Å²) in [6.45, 7) is 7.24. The van der Waals surface area contributed by atoms with E-state index in [1.165, 1.54) is 12.1 Å². The quantitative estimate of drug-likeness (QED) is 0.772. The zero-order chi connectivity index (χ0) is 20.1. The fourth-order valence-electron chi connectivity index (χ4n) is 3.59. The predicted octanol–water partition coefficient (Wildman–Crippen LogP) is 2.97. The van der Waals surface area contributed by atoms with Crippen LogP contribution in [0.4, 0.5) is 4.39 Å². The van der Waals surface area contributed by atoms with Gasteiger partial charge in [-0.15, -0.1) is 0 Å². The summed E-state index contributed by atoms with van der Waals surface area (Å²) in [5.41, 5.74) is 1.59. The molecule has 1 fully saturated rings. The van der Waals surface area contributed by atoms with Crippen molar-refractivity contribution in [3.8, 4) is 0 Å². The average molecular weight is 390 g/mol. The molecule has 0 bridgehead atoms. The molecule has 2 heterocycles. The van der Waals surface area contributed by atoms with Crippen molar-refractivity contribution < 1.29 is 23.8 Å². The van der Waals surface area contributed by atoms with Crippen LogP contribution in [0.5, 0.6) is 0 Å². The number of carboxylic acid groups (broad SMARTS) is 1. The molecule has 0 aliphatic carbocycles. The number of carbonyl (C=O) groups is 1. The number of hydrogen-bond donors (Lipinski definition) is 1. The van der Waals surface area contributed by atoms with E-state index >= 15 is 0 Å². The molecule has 28 heavy (non-hydrogen) atoms. The van der Waals surface area contributed by atoms with Gasteiger partial charge in [-0.1, -0.05) is 19.1 Å². The smallest absolute Gasteiger partial charge is 0.341 e. The van der Waals surface area contributed by atoms with Crippen LogP contribution in [0.2, 0.25) is 0 Å². The van der Waals surface area contributed by atoms with E-state index in [-0.39, 0.29) is 17.6 Å². The van der Waals surface area contributed by atoms with Crippen molar-refractivity contribution in [2.24, 2.45) is 0 Å². The Balaban J connectivity index is 2.02. The SMILES string of the molecule is CCCOC1=C(C(=O)O)C(C)=CC(N2CCOCC2)N1Cc1cccc(F)c1. The van der Waals surface area contributed by atoms with Gasteiger partial charge in [0.25, 0.3) is 0 Å². The van der Waals surface area contributed by atoms with E-state index in [1.54, 1.807) is 13.0 Å². The minimum Gasteiger partial charge on any atom is -0.478 e. The molecule has 3 rings (SSSR count). The molecule has 2 aliphatic heterocycles. The number of halogens is 1. The fraction of sp³-hybridized carbons (Fsp3) is 0.476. The van der Waals surface area contributed by atoms with Crippen LogP contribution < -0.4 is 0 Å². The van der Waals surface area contributed by atoms with Crippen LogP contribution >= 0.6 is 0 Å². The summed E-state index contributed by atoms with van der Waals surface area (Å²) in [7, 11) is 0. The van der Waals surface area contributed by atoms with Gasteiger partial charge in [0.15, 0.2) is 0 Å². The van der Waals surface area contributed by atoms with E-state index in [4.69, 9.17) is 9.47 Å². The van der Waals surface area contributed by atoms with Gasteiger partial charge in [-0.2, -0.15) is 0 Å². The molecule has 1 atom stereocenters. The maximum Gasteiger partial charge on any atom is 0.341 e. The van der Waals surface area contributed by atoms with Crippen LogP contribution in [0.3, 0.4) is 0 Å². The number of ether oxygens (including phenoxy) is 2. The lowest BCUT2D eigenvalue weighted by Gasteiger charge is -2.44. The molecule has 1 N–H and O–H groups in total. The summed E-state index contributed by atoms with van der Waals surface area (Å²) >= 11 is 0. The summed E-state index contributed by atoms with van der Waals surface area (Å²) in [6.07, 6.45) is 2.53. The van der Waals surface area contributed by atoms with E-state index in [2.05, 4.69) is 4.90 Å². The first-order valence-corrected chi connectivity index (χ1v) is 9.63. The van der Waals surface area contributed by atoms with E-state index < -0.39 is 5.97 Å². The first-order chi connectivity index (χ1) is 13.5. The third-order valence-corrected chi connectivity index (χ3v) is 4.91. The topological polar surface area (TPSA) is 62.2 Å². The second kappa shape index (κ2) is 9.21. The lowest BCUT2D eigenvalue weighted by atomic mass is 10.0. The Labute approximate surface area is 164 Å². The van der Waals surface area contributed by atoms with Crippen molar-refractivity contribution in [1.82, 2.24) is 9.80 Å². The number of morpholine rings is 1. The number of nitrogens with zero attached hydrogens (tertiary/aromatic N) is 2.